The van der Waals surface area contributed by atoms with E-state index in [9.17, 15) is 9.59 Å². The summed E-state index contributed by atoms with van der Waals surface area (Å²) in [6.07, 6.45) is 0. The lowest BCUT2D eigenvalue weighted by Gasteiger charge is -2.23. The van der Waals surface area contributed by atoms with Gasteiger partial charge >= 0.3 is 0 Å². The van der Waals surface area contributed by atoms with E-state index in [1.807, 2.05) is 27.7 Å². The van der Waals surface area contributed by atoms with E-state index in [-0.39, 0.29) is 17.4 Å². The Morgan fingerprint density at radius 1 is 1.24 bits per heavy atom. The van der Waals surface area contributed by atoms with Crippen LogP contribution in [0.5, 0.6) is 0 Å². The summed E-state index contributed by atoms with van der Waals surface area (Å²) < 4.78 is 0. The second-order valence-corrected chi connectivity index (χ2v) is 6.11. The summed E-state index contributed by atoms with van der Waals surface area (Å²) in [5, 5.41) is 5.51. The number of hydrazine groups is 1. The molecule has 1 aromatic carbocycles. The van der Waals surface area contributed by atoms with Crippen molar-refractivity contribution in [3.05, 3.63) is 29.3 Å². The Morgan fingerprint density at radius 3 is 2.33 bits per heavy atom. The normalized spacial score (nSPS) is 12.5. The van der Waals surface area contributed by atoms with Gasteiger partial charge in [0.15, 0.2) is 0 Å². The van der Waals surface area contributed by atoms with Crippen LogP contribution in [-0.2, 0) is 4.79 Å². The van der Waals surface area contributed by atoms with Gasteiger partial charge in [-0.1, -0.05) is 0 Å². The van der Waals surface area contributed by atoms with Crippen LogP contribution in [-0.4, -0.2) is 23.4 Å². The number of hydrogen-bond acceptors (Lipinski definition) is 4. The molecule has 0 aliphatic rings. The van der Waals surface area contributed by atoms with E-state index in [1.54, 1.807) is 25.1 Å². The maximum atomic E-state index is 12.1. The average molecular weight is 292 g/mol. The first-order valence-corrected chi connectivity index (χ1v) is 6.84. The van der Waals surface area contributed by atoms with Gasteiger partial charge in [-0.2, -0.15) is 0 Å². The standard InChI is InChI=1S/C15H24N4O2/c1-9-8-11(6-7-12(9)19-16)14(21)17-10(2)13(20)18-15(3,4)5/h6-8,10,19H,16H2,1-5H3,(H,17,21)(H,18,20). The van der Waals surface area contributed by atoms with Crippen LogP contribution in [0.3, 0.4) is 0 Å². The van der Waals surface area contributed by atoms with Gasteiger partial charge in [0, 0.05) is 11.1 Å². The molecule has 0 saturated heterocycles. The van der Waals surface area contributed by atoms with Crippen molar-refractivity contribution in [1.82, 2.24) is 10.6 Å². The van der Waals surface area contributed by atoms with E-state index in [0.717, 1.165) is 11.3 Å². The van der Waals surface area contributed by atoms with Crippen molar-refractivity contribution in [1.29, 1.82) is 0 Å². The summed E-state index contributed by atoms with van der Waals surface area (Å²) in [4.78, 5) is 24.1. The molecular weight excluding hydrogens is 268 g/mol. The SMILES string of the molecule is Cc1cc(C(=O)NC(C)C(=O)NC(C)(C)C)ccc1NN. The Kier molecular flexibility index (Phi) is 5.32. The van der Waals surface area contributed by atoms with E-state index in [1.165, 1.54) is 0 Å². The van der Waals surface area contributed by atoms with Gasteiger partial charge in [0.05, 0.1) is 5.69 Å². The number of nitrogen functional groups attached to an aromatic ring is 1. The molecule has 0 aliphatic heterocycles. The average Bonchev–Trinajstić information content (AvgIpc) is 2.36. The molecule has 0 radical (unpaired) electrons. The van der Waals surface area contributed by atoms with Crippen molar-refractivity contribution >= 4 is 17.5 Å². The van der Waals surface area contributed by atoms with E-state index >= 15 is 0 Å². The fourth-order valence-corrected chi connectivity index (χ4v) is 1.79. The number of hydrogen-bond donors (Lipinski definition) is 4. The van der Waals surface area contributed by atoms with Crippen LogP contribution in [0.15, 0.2) is 18.2 Å². The van der Waals surface area contributed by atoms with E-state index < -0.39 is 6.04 Å². The van der Waals surface area contributed by atoms with Gasteiger partial charge in [0.2, 0.25) is 5.91 Å². The molecule has 0 saturated carbocycles. The fourth-order valence-electron chi connectivity index (χ4n) is 1.79. The molecule has 0 bridgehead atoms. The first-order valence-electron chi connectivity index (χ1n) is 6.84. The molecule has 1 atom stereocenters. The molecule has 0 fully saturated rings. The molecule has 0 aliphatic carbocycles. The topological polar surface area (TPSA) is 96.2 Å². The Labute approximate surface area is 125 Å². The van der Waals surface area contributed by atoms with Crippen molar-refractivity contribution in [2.75, 3.05) is 5.43 Å². The number of rotatable bonds is 4. The van der Waals surface area contributed by atoms with Crippen molar-refractivity contribution in [2.45, 2.75) is 46.2 Å². The lowest BCUT2D eigenvalue weighted by molar-refractivity contribution is -0.124. The highest BCUT2D eigenvalue weighted by Gasteiger charge is 2.21. The quantitative estimate of drug-likeness (QED) is 0.497. The monoisotopic (exact) mass is 292 g/mol. The first-order chi connectivity index (χ1) is 9.64. The van der Waals surface area contributed by atoms with Crippen LogP contribution in [0.1, 0.15) is 43.6 Å². The predicted octanol–water partition coefficient (Wildman–Crippen LogP) is 1.31. The van der Waals surface area contributed by atoms with Gasteiger partial charge in [-0.25, -0.2) is 0 Å². The molecule has 116 valence electrons. The van der Waals surface area contributed by atoms with Gasteiger partial charge in [-0.15, -0.1) is 0 Å². The van der Waals surface area contributed by atoms with Crippen LogP contribution in [0.25, 0.3) is 0 Å². The molecule has 1 unspecified atom stereocenters. The van der Waals surface area contributed by atoms with Crippen LogP contribution >= 0.6 is 0 Å². The summed E-state index contributed by atoms with van der Waals surface area (Å²) in [5.74, 6) is 4.84. The van der Waals surface area contributed by atoms with Crippen molar-refractivity contribution < 1.29 is 9.59 Å². The lowest BCUT2D eigenvalue weighted by atomic mass is 10.1. The second-order valence-electron chi connectivity index (χ2n) is 6.11. The second kappa shape index (κ2) is 6.58. The van der Waals surface area contributed by atoms with Crippen molar-refractivity contribution in [3.63, 3.8) is 0 Å². The minimum Gasteiger partial charge on any atom is -0.350 e. The fraction of sp³-hybridized carbons (Fsp3) is 0.467. The number of amides is 2. The number of carbonyl (C=O) groups is 2. The highest BCUT2D eigenvalue weighted by Crippen LogP contribution is 2.15. The summed E-state index contributed by atoms with van der Waals surface area (Å²) in [6, 6.07) is 4.50. The van der Waals surface area contributed by atoms with Crippen molar-refractivity contribution in [2.24, 2.45) is 5.84 Å². The van der Waals surface area contributed by atoms with Crippen LogP contribution in [0.2, 0.25) is 0 Å². The molecule has 21 heavy (non-hydrogen) atoms. The Bertz CT molecular complexity index is 535. The maximum absolute atomic E-state index is 12.1. The smallest absolute Gasteiger partial charge is 0.251 e. The van der Waals surface area contributed by atoms with Crippen LogP contribution < -0.4 is 21.9 Å². The molecule has 1 aromatic rings. The first kappa shape index (κ1) is 17.0. The number of nitrogens with two attached hydrogens (primary N) is 1. The molecule has 2 amide bonds. The third-order valence-electron chi connectivity index (χ3n) is 2.88. The van der Waals surface area contributed by atoms with E-state index in [0.29, 0.717) is 5.56 Å². The molecule has 5 N–H and O–H groups in total. The van der Waals surface area contributed by atoms with Crippen LogP contribution in [0.4, 0.5) is 5.69 Å². The van der Waals surface area contributed by atoms with Gasteiger partial charge in [0.25, 0.3) is 5.91 Å². The Balaban J connectivity index is 2.72. The van der Waals surface area contributed by atoms with E-state index in [4.69, 9.17) is 5.84 Å². The number of benzene rings is 1. The van der Waals surface area contributed by atoms with Gasteiger partial charge < -0.3 is 16.1 Å². The van der Waals surface area contributed by atoms with E-state index in [2.05, 4.69) is 16.1 Å². The zero-order chi connectivity index (χ0) is 16.2. The predicted molar refractivity (Wildman–Crippen MR) is 83.8 cm³/mol. The summed E-state index contributed by atoms with van der Waals surface area (Å²) in [5.41, 5.74) is 4.32. The third-order valence-corrected chi connectivity index (χ3v) is 2.88. The van der Waals surface area contributed by atoms with Crippen LogP contribution in [0, 0.1) is 6.92 Å². The maximum Gasteiger partial charge on any atom is 0.251 e. The summed E-state index contributed by atoms with van der Waals surface area (Å²) in [7, 11) is 0. The highest BCUT2D eigenvalue weighted by atomic mass is 16.2. The number of anilines is 1. The molecule has 0 aromatic heterocycles. The zero-order valence-corrected chi connectivity index (χ0v) is 13.2. The van der Waals surface area contributed by atoms with Gasteiger partial charge in [-0.3, -0.25) is 15.4 Å². The Morgan fingerprint density at radius 2 is 1.86 bits per heavy atom. The minimum absolute atomic E-state index is 0.215. The van der Waals surface area contributed by atoms with Crippen molar-refractivity contribution in [3.8, 4) is 0 Å². The number of aryl methyl sites for hydroxylation is 1. The molecule has 1 rings (SSSR count). The number of carbonyl (C=O) groups excluding carboxylic acids is 2. The summed E-state index contributed by atoms with van der Waals surface area (Å²) >= 11 is 0. The van der Waals surface area contributed by atoms with Gasteiger partial charge in [0.1, 0.15) is 6.04 Å². The number of nitrogens with one attached hydrogen (secondary N) is 3. The summed E-state index contributed by atoms with van der Waals surface area (Å²) in [6.45, 7) is 9.17. The highest BCUT2D eigenvalue weighted by molar-refractivity contribution is 5.98. The molecular formula is C15H24N4O2. The van der Waals surface area contributed by atoms with Gasteiger partial charge in [-0.05, 0) is 58.4 Å². The minimum atomic E-state index is -0.607. The Hall–Kier alpha value is -2.08. The molecule has 6 nitrogen and oxygen atoms in total. The third kappa shape index (κ3) is 5.07. The molecule has 0 spiro atoms. The lowest BCUT2D eigenvalue weighted by Crippen LogP contribution is -2.50. The molecule has 6 heteroatoms. The molecule has 0 heterocycles. The zero-order valence-electron chi connectivity index (χ0n) is 13.2. The largest absolute Gasteiger partial charge is 0.350 e.